The molecule has 0 atom stereocenters. The first-order chi connectivity index (χ1) is 15.7. The van der Waals surface area contributed by atoms with Crippen molar-refractivity contribution in [2.24, 2.45) is 0 Å². The van der Waals surface area contributed by atoms with Gasteiger partial charge in [0.2, 0.25) is 21.9 Å². The van der Waals surface area contributed by atoms with E-state index in [1.807, 2.05) is 50.2 Å². The average Bonchev–Trinajstić information content (AvgIpc) is 2.77. The fraction of sp³-hybridized carbons (Fsp3) is 0.182. The number of esters is 1. The molecule has 10 nitrogen and oxygen atoms in total. The van der Waals surface area contributed by atoms with Crippen LogP contribution in [0.25, 0.3) is 6.08 Å². The molecule has 0 spiro atoms. The molecule has 11 heteroatoms. The lowest BCUT2D eigenvalue weighted by Gasteiger charge is -2.08. The summed E-state index contributed by atoms with van der Waals surface area (Å²) in [5, 5.41) is 3.98. The second-order valence-electron chi connectivity index (χ2n) is 7.16. The van der Waals surface area contributed by atoms with Gasteiger partial charge in [0.05, 0.1) is 0 Å². The summed E-state index contributed by atoms with van der Waals surface area (Å²) in [4.78, 5) is 24.1. The van der Waals surface area contributed by atoms with Gasteiger partial charge in [-0.25, -0.2) is 13.1 Å². The van der Waals surface area contributed by atoms with E-state index in [1.165, 1.54) is 6.08 Å². The second-order valence-corrected chi connectivity index (χ2v) is 8.82. The average molecular weight is 469 g/mol. The maximum absolute atomic E-state index is 12.1. The highest BCUT2D eigenvalue weighted by molar-refractivity contribution is 7.92. The third-order valence-electron chi connectivity index (χ3n) is 4.30. The summed E-state index contributed by atoms with van der Waals surface area (Å²) in [7, 11) is -3.82. The number of ether oxygens (including phenoxy) is 1. The molecule has 33 heavy (non-hydrogen) atoms. The minimum Gasteiger partial charge on any atom is -0.456 e. The Labute approximate surface area is 192 Å². The summed E-state index contributed by atoms with van der Waals surface area (Å²) in [5.41, 5.74) is 9.34. The zero-order valence-electron chi connectivity index (χ0n) is 18.1. The van der Waals surface area contributed by atoms with Gasteiger partial charge in [-0.1, -0.05) is 47.5 Å². The number of sulfonamides is 1. The van der Waals surface area contributed by atoms with Gasteiger partial charge in [0.1, 0.15) is 6.54 Å². The van der Waals surface area contributed by atoms with Crippen molar-refractivity contribution >= 4 is 39.7 Å². The van der Waals surface area contributed by atoms with Crippen molar-refractivity contribution in [3.63, 3.8) is 0 Å². The summed E-state index contributed by atoms with van der Waals surface area (Å²) in [6.45, 7) is 3.06. The van der Waals surface area contributed by atoms with Gasteiger partial charge >= 0.3 is 5.97 Å². The monoisotopic (exact) mass is 468 g/mol. The molecule has 4 N–H and O–H groups in total. The molecular weight excluding hydrogens is 444 g/mol. The number of benzene rings is 2. The van der Waals surface area contributed by atoms with Crippen LogP contribution in [0, 0.1) is 13.8 Å². The molecule has 172 valence electrons. The van der Waals surface area contributed by atoms with Crippen molar-refractivity contribution in [2.75, 3.05) is 17.6 Å². The van der Waals surface area contributed by atoms with Crippen LogP contribution >= 0.6 is 0 Å². The molecule has 0 unspecified atom stereocenters. The van der Waals surface area contributed by atoms with Crippen LogP contribution in [0.5, 0.6) is 0 Å². The molecule has 3 rings (SSSR count). The lowest BCUT2D eigenvalue weighted by Crippen LogP contribution is -2.29. The van der Waals surface area contributed by atoms with Crippen LogP contribution in [0.1, 0.15) is 22.5 Å². The van der Waals surface area contributed by atoms with Crippen LogP contribution in [-0.2, 0) is 26.2 Å². The smallest absolute Gasteiger partial charge is 0.321 e. The van der Waals surface area contributed by atoms with E-state index in [4.69, 9.17) is 10.5 Å². The number of carbonyl (C=O) groups excluding carboxylic acids is 1. The predicted molar refractivity (Wildman–Crippen MR) is 126 cm³/mol. The standard InChI is InChI=1S/C22H24N6O4S/c1-15-3-7-17(8-4-15)11-12-33(30,31)24-13-20(29)32-14-19-26-21(23)28-22(27-19)25-18-9-5-16(2)6-10-18/h3-12,24H,13-14H2,1-2H3,(H3,23,25,26,27,28)/b12-11+. The summed E-state index contributed by atoms with van der Waals surface area (Å²) in [5.74, 6) is -0.533. The van der Waals surface area contributed by atoms with Gasteiger partial charge < -0.3 is 15.8 Å². The molecule has 0 saturated heterocycles. The Morgan fingerprint density at radius 3 is 2.30 bits per heavy atom. The molecule has 0 amide bonds. The minimum absolute atomic E-state index is 0.0485. The molecule has 1 heterocycles. The third-order valence-corrected chi connectivity index (χ3v) is 5.34. The molecule has 3 aromatic rings. The van der Waals surface area contributed by atoms with Crippen LogP contribution in [0.4, 0.5) is 17.6 Å². The van der Waals surface area contributed by atoms with Crippen LogP contribution in [0.3, 0.4) is 0 Å². The number of nitrogens with zero attached hydrogens (tertiary/aromatic N) is 3. The number of nitrogens with two attached hydrogens (primary N) is 1. The molecule has 0 bridgehead atoms. The van der Waals surface area contributed by atoms with Crippen molar-refractivity contribution < 1.29 is 17.9 Å². The van der Waals surface area contributed by atoms with E-state index in [0.717, 1.165) is 27.8 Å². The fourth-order valence-electron chi connectivity index (χ4n) is 2.57. The minimum atomic E-state index is -3.82. The number of anilines is 3. The fourth-order valence-corrected chi connectivity index (χ4v) is 3.33. The van der Waals surface area contributed by atoms with Crippen molar-refractivity contribution in [1.29, 1.82) is 0 Å². The Bertz CT molecular complexity index is 1240. The maximum atomic E-state index is 12.1. The Balaban J connectivity index is 1.52. The first-order valence-corrected chi connectivity index (χ1v) is 11.5. The first-order valence-electron chi connectivity index (χ1n) is 9.93. The van der Waals surface area contributed by atoms with Gasteiger partial charge in [0, 0.05) is 11.1 Å². The Kier molecular flexibility index (Phi) is 7.70. The Morgan fingerprint density at radius 1 is 1.00 bits per heavy atom. The molecule has 0 saturated carbocycles. The Hall–Kier alpha value is -3.83. The van der Waals surface area contributed by atoms with Gasteiger partial charge in [-0.15, -0.1) is 0 Å². The third kappa shape index (κ3) is 7.98. The Morgan fingerprint density at radius 2 is 1.64 bits per heavy atom. The van der Waals surface area contributed by atoms with E-state index in [9.17, 15) is 13.2 Å². The number of nitrogens with one attached hydrogen (secondary N) is 2. The van der Waals surface area contributed by atoms with E-state index in [1.54, 1.807) is 12.1 Å². The highest BCUT2D eigenvalue weighted by atomic mass is 32.2. The summed E-state index contributed by atoms with van der Waals surface area (Å²) < 4.78 is 31.3. The quantitative estimate of drug-likeness (QED) is 0.402. The number of carbonyl (C=O) groups is 1. The van der Waals surface area contributed by atoms with E-state index in [0.29, 0.717) is 0 Å². The molecule has 2 aromatic carbocycles. The van der Waals surface area contributed by atoms with Crippen LogP contribution in [-0.4, -0.2) is 35.9 Å². The predicted octanol–water partition coefficient (Wildman–Crippen LogP) is 2.45. The van der Waals surface area contributed by atoms with E-state index < -0.39 is 22.5 Å². The van der Waals surface area contributed by atoms with Crippen molar-refractivity contribution in [1.82, 2.24) is 19.7 Å². The highest BCUT2D eigenvalue weighted by Gasteiger charge is 2.12. The number of rotatable bonds is 9. The normalized spacial score (nSPS) is 11.5. The number of aromatic nitrogens is 3. The number of hydrogen-bond acceptors (Lipinski definition) is 9. The van der Waals surface area contributed by atoms with E-state index >= 15 is 0 Å². The van der Waals surface area contributed by atoms with Gasteiger partial charge in [-0.3, -0.25) is 4.79 Å². The van der Waals surface area contributed by atoms with Crippen LogP contribution < -0.4 is 15.8 Å². The zero-order chi connectivity index (χ0) is 23.8. The molecule has 0 radical (unpaired) electrons. The number of hydrogen-bond donors (Lipinski definition) is 3. The molecule has 0 aliphatic heterocycles. The highest BCUT2D eigenvalue weighted by Crippen LogP contribution is 2.14. The SMILES string of the molecule is Cc1ccc(/C=C/S(=O)(=O)NCC(=O)OCc2nc(N)nc(Nc3ccc(C)cc3)n2)cc1. The van der Waals surface area contributed by atoms with E-state index in [2.05, 4.69) is 25.0 Å². The number of aryl methyl sites for hydroxylation is 2. The zero-order valence-corrected chi connectivity index (χ0v) is 19.0. The van der Waals surface area contributed by atoms with Crippen molar-refractivity contribution in [3.05, 3.63) is 76.5 Å². The summed E-state index contributed by atoms with van der Waals surface area (Å²) >= 11 is 0. The van der Waals surface area contributed by atoms with Gasteiger partial charge in [0.25, 0.3) is 0 Å². The molecule has 1 aromatic heterocycles. The largest absolute Gasteiger partial charge is 0.456 e. The topological polar surface area (TPSA) is 149 Å². The molecule has 0 aliphatic carbocycles. The van der Waals surface area contributed by atoms with Crippen LogP contribution in [0.15, 0.2) is 53.9 Å². The molecular formula is C22H24N6O4S. The van der Waals surface area contributed by atoms with Gasteiger partial charge in [-0.2, -0.15) is 15.0 Å². The van der Waals surface area contributed by atoms with Gasteiger partial charge in [0.15, 0.2) is 12.4 Å². The van der Waals surface area contributed by atoms with Crippen molar-refractivity contribution in [3.8, 4) is 0 Å². The molecule has 0 fully saturated rings. The molecule has 0 aliphatic rings. The second kappa shape index (κ2) is 10.7. The lowest BCUT2D eigenvalue weighted by molar-refractivity contribution is -0.143. The summed E-state index contributed by atoms with van der Waals surface area (Å²) in [6.07, 6.45) is 1.43. The maximum Gasteiger partial charge on any atom is 0.321 e. The number of nitrogen functional groups attached to an aromatic ring is 1. The first kappa shape index (κ1) is 23.8. The lowest BCUT2D eigenvalue weighted by atomic mass is 10.2. The summed E-state index contributed by atoms with van der Waals surface area (Å²) in [6, 6.07) is 14.9. The van der Waals surface area contributed by atoms with E-state index in [-0.39, 0.29) is 24.3 Å². The van der Waals surface area contributed by atoms with Gasteiger partial charge in [-0.05, 0) is 37.6 Å². The van der Waals surface area contributed by atoms with Crippen LogP contribution in [0.2, 0.25) is 0 Å². The van der Waals surface area contributed by atoms with Crippen molar-refractivity contribution in [2.45, 2.75) is 20.5 Å².